The van der Waals surface area contributed by atoms with Crippen LogP contribution in [0, 0.1) is 22.7 Å². The van der Waals surface area contributed by atoms with Gasteiger partial charge < -0.3 is 14.7 Å². The second-order valence-electron chi connectivity index (χ2n) is 4.45. The van der Waals surface area contributed by atoms with Gasteiger partial charge in [0.2, 0.25) is 0 Å². The number of hydrogen-bond acceptors (Lipinski definition) is 5. The lowest BCUT2D eigenvalue weighted by Crippen LogP contribution is -2.29. The van der Waals surface area contributed by atoms with E-state index in [4.69, 9.17) is 15.3 Å². The van der Waals surface area contributed by atoms with Crippen molar-refractivity contribution in [2.75, 3.05) is 31.7 Å². The number of nitrogens with zero attached hydrogens (tertiary/aromatic N) is 3. The highest BCUT2D eigenvalue weighted by Gasteiger charge is 2.15. The zero-order valence-electron chi connectivity index (χ0n) is 11.8. The molecule has 0 radical (unpaired) electrons. The van der Waals surface area contributed by atoms with Gasteiger partial charge in [-0.25, -0.2) is 0 Å². The van der Waals surface area contributed by atoms with E-state index in [1.165, 1.54) is 0 Å². The molecule has 0 spiro atoms. The third-order valence-electron chi connectivity index (χ3n) is 3.01. The smallest absolute Gasteiger partial charge is 0.0992 e. The first kappa shape index (κ1) is 16.0. The summed E-state index contributed by atoms with van der Waals surface area (Å²) in [5.41, 5.74) is 2.06. The Kier molecular flexibility index (Phi) is 6.52. The van der Waals surface area contributed by atoms with Crippen molar-refractivity contribution < 1.29 is 9.84 Å². The van der Waals surface area contributed by atoms with Gasteiger partial charge in [-0.1, -0.05) is 6.07 Å². The Morgan fingerprint density at radius 1 is 1.35 bits per heavy atom. The van der Waals surface area contributed by atoms with E-state index in [1.807, 2.05) is 4.90 Å². The predicted octanol–water partition coefficient (Wildman–Crippen LogP) is 1.98. The minimum absolute atomic E-state index is 0.375. The van der Waals surface area contributed by atoms with Gasteiger partial charge in [0.05, 0.1) is 36.8 Å². The van der Waals surface area contributed by atoms with E-state index in [1.54, 1.807) is 32.2 Å². The van der Waals surface area contributed by atoms with Gasteiger partial charge in [0.25, 0.3) is 0 Å². The van der Waals surface area contributed by atoms with Crippen molar-refractivity contribution >= 4 is 5.69 Å². The summed E-state index contributed by atoms with van der Waals surface area (Å²) in [5, 5.41) is 27.6. The highest BCUT2D eigenvalue weighted by Crippen LogP contribution is 2.27. The number of aliphatic hydroxyl groups is 1. The third kappa shape index (κ3) is 4.24. The quantitative estimate of drug-likeness (QED) is 0.821. The molecule has 20 heavy (non-hydrogen) atoms. The number of methoxy groups -OCH3 is 1. The Hall–Kier alpha value is -2.08. The van der Waals surface area contributed by atoms with E-state index in [-0.39, 0.29) is 0 Å². The molecule has 0 aliphatic heterocycles. The van der Waals surface area contributed by atoms with Crippen LogP contribution in [-0.4, -0.2) is 31.9 Å². The summed E-state index contributed by atoms with van der Waals surface area (Å²) >= 11 is 0. The van der Waals surface area contributed by atoms with Crippen LogP contribution in [0.15, 0.2) is 18.2 Å². The van der Waals surface area contributed by atoms with Crippen molar-refractivity contribution in [2.24, 2.45) is 0 Å². The third-order valence-corrected chi connectivity index (χ3v) is 3.01. The maximum absolute atomic E-state index is 9.86. The van der Waals surface area contributed by atoms with Crippen LogP contribution in [-0.2, 0) is 4.74 Å². The minimum atomic E-state index is -0.634. The van der Waals surface area contributed by atoms with E-state index >= 15 is 0 Å². The number of aliphatic hydroxyl groups excluding tert-OH is 1. The Morgan fingerprint density at radius 3 is 2.65 bits per heavy atom. The molecular weight excluding hydrogens is 254 g/mol. The van der Waals surface area contributed by atoms with Crippen molar-refractivity contribution in [3.8, 4) is 12.1 Å². The maximum atomic E-state index is 9.86. The van der Waals surface area contributed by atoms with Crippen LogP contribution in [0.1, 0.15) is 30.6 Å². The lowest BCUT2D eigenvalue weighted by atomic mass is 10.0. The first-order chi connectivity index (χ1) is 9.63. The highest BCUT2D eigenvalue weighted by molar-refractivity contribution is 5.58. The molecule has 5 nitrogen and oxygen atoms in total. The molecule has 0 aliphatic rings. The minimum Gasteiger partial charge on any atom is -0.389 e. The molecule has 1 rings (SSSR count). The van der Waals surface area contributed by atoms with E-state index in [9.17, 15) is 5.11 Å². The average molecular weight is 273 g/mol. The van der Waals surface area contributed by atoms with Crippen molar-refractivity contribution in [1.29, 1.82) is 10.5 Å². The van der Waals surface area contributed by atoms with E-state index in [0.29, 0.717) is 31.7 Å². The van der Waals surface area contributed by atoms with Crippen molar-refractivity contribution in [3.05, 3.63) is 29.3 Å². The molecule has 1 aromatic carbocycles. The van der Waals surface area contributed by atoms with Crippen LogP contribution in [0.25, 0.3) is 0 Å². The summed E-state index contributed by atoms with van der Waals surface area (Å²) in [7, 11) is 1.61. The van der Waals surface area contributed by atoms with E-state index in [2.05, 4.69) is 12.1 Å². The van der Waals surface area contributed by atoms with Crippen LogP contribution in [0.5, 0.6) is 0 Å². The summed E-state index contributed by atoms with van der Waals surface area (Å²) in [4.78, 5) is 1.97. The van der Waals surface area contributed by atoms with Gasteiger partial charge in [0, 0.05) is 31.5 Å². The fraction of sp³-hybridized carbons (Fsp3) is 0.467. The molecule has 0 saturated carbocycles. The first-order valence-electron chi connectivity index (χ1n) is 6.47. The van der Waals surface area contributed by atoms with Crippen molar-refractivity contribution in [2.45, 2.75) is 19.4 Å². The van der Waals surface area contributed by atoms with E-state index < -0.39 is 6.10 Å². The fourth-order valence-corrected chi connectivity index (χ4v) is 1.98. The molecule has 0 amide bonds. The fourth-order valence-electron chi connectivity index (χ4n) is 1.98. The molecule has 5 heteroatoms. The van der Waals surface area contributed by atoms with Gasteiger partial charge in [-0.15, -0.1) is 0 Å². The standard InChI is InChI=1S/C15H19N3O2/c1-12(19)14-5-4-13(11-17)10-15(14)18(7-3-6-16)8-9-20-2/h4-5,10,12,19H,3,7-9H2,1-2H3. The van der Waals surface area contributed by atoms with E-state index in [0.717, 1.165) is 11.3 Å². The number of anilines is 1. The highest BCUT2D eigenvalue weighted by atomic mass is 16.5. The number of ether oxygens (including phenoxy) is 1. The summed E-state index contributed by atoms with van der Waals surface area (Å²) in [6.07, 6.45) is -0.260. The van der Waals surface area contributed by atoms with Gasteiger partial charge in [-0.2, -0.15) is 10.5 Å². The molecule has 1 aromatic rings. The zero-order valence-corrected chi connectivity index (χ0v) is 11.8. The predicted molar refractivity (Wildman–Crippen MR) is 76.1 cm³/mol. The lowest BCUT2D eigenvalue weighted by molar-refractivity contribution is 0.197. The van der Waals surface area contributed by atoms with Crippen LogP contribution in [0.4, 0.5) is 5.69 Å². The largest absolute Gasteiger partial charge is 0.389 e. The first-order valence-corrected chi connectivity index (χ1v) is 6.47. The van der Waals surface area contributed by atoms with Gasteiger partial charge in [0.15, 0.2) is 0 Å². The molecule has 106 valence electrons. The number of nitriles is 2. The SMILES string of the molecule is COCCN(CCC#N)c1cc(C#N)ccc1C(C)O. The number of rotatable bonds is 7. The molecule has 0 aliphatic carbocycles. The molecule has 0 bridgehead atoms. The van der Waals surface area contributed by atoms with Gasteiger partial charge >= 0.3 is 0 Å². The Labute approximate surface area is 119 Å². The Morgan fingerprint density at radius 2 is 2.10 bits per heavy atom. The zero-order chi connectivity index (χ0) is 15.0. The number of benzene rings is 1. The summed E-state index contributed by atoms with van der Waals surface area (Å²) in [6, 6.07) is 9.39. The number of hydrogen-bond donors (Lipinski definition) is 1. The maximum Gasteiger partial charge on any atom is 0.0992 e. The lowest BCUT2D eigenvalue weighted by Gasteiger charge is -2.27. The molecule has 0 fully saturated rings. The second-order valence-corrected chi connectivity index (χ2v) is 4.45. The Balaban J connectivity index is 3.14. The molecule has 1 N–H and O–H groups in total. The summed E-state index contributed by atoms with van der Waals surface area (Å²) < 4.78 is 5.08. The van der Waals surface area contributed by atoms with Crippen molar-refractivity contribution in [1.82, 2.24) is 0 Å². The molecule has 0 saturated heterocycles. The Bertz CT molecular complexity index is 515. The van der Waals surface area contributed by atoms with Gasteiger partial charge in [-0.3, -0.25) is 0 Å². The van der Waals surface area contributed by atoms with Gasteiger partial charge in [-0.05, 0) is 19.1 Å². The topological polar surface area (TPSA) is 80.3 Å². The monoisotopic (exact) mass is 273 g/mol. The normalized spacial score (nSPS) is 11.4. The van der Waals surface area contributed by atoms with Crippen LogP contribution >= 0.6 is 0 Å². The molecule has 0 heterocycles. The van der Waals surface area contributed by atoms with Crippen LogP contribution in [0.3, 0.4) is 0 Å². The average Bonchev–Trinajstić information content (AvgIpc) is 2.46. The van der Waals surface area contributed by atoms with Crippen LogP contribution in [0.2, 0.25) is 0 Å². The molecule has 0 aromatic heterocycles. The summed E-state index contributed by atoms with van der Waals surface area (Å²) in [6.45, 7) is 3.34. The second kappa shape index (κ2) is 8.16. The van der Waals surface area contributed by atoms with Crippen LogP contribution < -0.4 is 4.90 Å². The van der Waals surface area contributed by atoms with Crippen molar-refractivity contribution in [3.63, 3.8) is 0 Å². The molecular formula is C15H19N3O2. The molecule has 1 unspecified atom stereocenters. The summed E-state index contributed by atoms with van der Waals surface area (Å²) in [5.74, 6) is 0. The molecule has 1 atom stereocenters. The van der Waals surface area contributed by atoms with Gasteiger partial charge in [0.1, 0.15) is 0 Å².